The van der Waals surface area contributed by atoms with Crippen LogP contribution >= 0.6 is 0 Å². The Bertz CT molecular complexity index is 731. The van der Waals surface area contributed by atoms with Crippen LogP contribution in [0.3, 0.4) is 0 Å². The topological polar surface area (TPSA) is 78.0 Å². The summed E-state index contributed by atoms with van der Waals surface area (Å²) in [6.07, 6.45) is 0.101. The van der Waals surface area contributed by atoms with E-state index in [1.807, 2.05) is 24.3 Å². The van der Waals surface area contributed by atoms with Crippen molar-refractivity contribution in [2.24, 2.45) is 0 Å². The number of rotatable bonds is 3. The molecule has 1 amide bonds. The van der Waals surface area contributed by atoms with Crippen molar-refractivity contribution in [3.05, 3.63) is 54.1 Å². The Kier molecular flexibility index (Phi) is 3.09. The maximum atomic E-state index is 11.9. The van der Waals surface area contributed by atoms with Crippen LogP contribution in [0.2, 0.25) is 0 Å². The van der Waals surface area contributed by atoms with Crippen LogP contribution in [-0.4, -0.2) is 21.0 Å². The highest BCUT2D eigenvalue weighted by molar-refractivity contribution is 5.92. The Hall–Kier alpha value is -2.82. The molecule has 0 atom stereocenters. The molecule has 0 aliphatic heterocycles. The number of amides is 1. The first-order chi connectivity index (χ1) is 9.72. The molecule has 1 aromatic heterocycles. The van der Waals surface area contributed by atoms with E-state index in [0.717, 1.165) is 11.0 Å². The molecule has 0 aliphatic carbocycles. The predicted molar refractivity (Wildman–Crippen MR) is 76.5 cm³/mol. The molecule has 0 saturated heterocycles. The van der Waals surface area contributed by atoms with Crippen LogP contribution in [0.1, 0.15) is 5.56 Å². The fourth-order valence-corrected chi connectivity index (χ4v) is 2.02. The lowest BCUT2D eigenvalue weighted by Gasteiger charge is -2.04. The van der Waals surface area contributed by atoms with Gasteiger partial charge < -0.3 is 10.1 Å². The molecule has 2 aromatic carbocycles. The molecular weight excluding hydrogens is 254 g/mol. The largest absolute Gasteiger partial charge is 0.508 e. The number of nitrogens with zero attached hydrogens (tertiary/aromatic N) is 1. The number of aromatic hydroxyl groups is 1. The van der Waals surface area contributed by atoms with E-state index in [-0.39, 0.29) is 18.1 Å². The van der Waals surface area contributed by atoms with Crippen molar-refractivity contribution in [1.29, 1.82) is 0 Å². The number of H-pyrrole nitrogens is 1. The summed E-state index contributed by atoms with van der Waals surface area (Å²) in [5.74, 6) is 0.296. The number of aromatic amines is 1. The summed E-state index contributed by atoms with van der Waals surface area (Å²) in [7, 11) is 0. The Labute approximate surface area is 115 Å². The molecule has 0 unspecified atom stereocenters. The van der Waals surface area contributed by atoms with Gasteiger partial charge in [-0.15, -0.1) is 0 Å². The molecule has 100 valence electrons. The smallest absolute Gasteiger partial charge is 0.231 e. The number of hydrogen-bond acceptors (Lipinski definition) is 3. The first-order valence-electron chi connectivity index (χ1n) is 6.24. The third-order valence-electron chi connectivity index (χ3n) is 2.99. The Balaban J connectivity index is 1.74. The molecule has 3 aromatic rings. The van der Waals surface area contributed by atoms with E-state index in [4.69, 9.17) is 0 Å². The van der Waals surface area contributed by atoms with Gasteiger partial charge in [0.1, 0.15) is 5.75 Å². The van der Waals surface area contributed by atoms with E-state index in [1.165, 1.54) is 0 Å². The van der Waals surface area contributed by atoms with Crippen LogP contribution in [0, 0.1) is 0 Å². The monoisotopic (exact) mass is 267 g/mol. The lowest BCUT2D eigenvalue weighted by Crippen LogP contribution is -2.15. The number of aromatic nitrogens is 2. The minimum Gasteiger partial charge on any atom is -0.508 e. The molecule has 1 heterocycles. The molecule has 0 aliphatic rings. The van der Waals surface area contributed by atoms with Crippen LogP contribution < -0.4 is 5.32 Å². The second-order valence-corrected chi connectivity index (χ2v) is 4.46. The highest BCUT2D eigenvalue weighted by atomic mass is 16.3. The first-order valence-corrected chi connectivity index (χ1v) is 6.24. The minimum atomic E-state index is -0.231. The number of hydrogen-bond donors (Lipinski definition) is 3. The molecule has 0 radical (unpaired) electrons. The second-order valence-electron chi connectivity index (χ2n) is 4.46. The summed E-state index contributed by atoms with van der Waals surface area (Å²) < 4.78 is 0. The zero-order valence-corrected chi connectivity index (χ0v) is 10.6. The number of carbonyl (C=O) groups is 1. The Morgan fingerprint density at radius 3 is 2.70 bits per heavy atom. The van der Waals surface area contributed by atoms with Gasteiger partial charge in [-0.05, 0) is 18.2 Å². The van der Waals surface area contributed by atoms with E-state index in [2.05, 4.69) is 15.3 Å². The lowest BCUT2D eigenvalue weighted by molar-refractivity contribution is -0.115. The normalized spacial score (nSPS) is 10.6. The van der Waals surface area contributed by atoms with Crippen molar-refractivity contribution < 1.29 is 9.90 Å². The van der Waals surface area contributed by atoms with E-state index in [9.17, 15) is 9.90 Å². The van der Waals surface area contributed by atoms with Gasteiger partial charge in [-0.3, -0.25) is 10.1 Å². The van der Waals surface area contributed by atoms with Gasteiger partial charge in [-0.1, -0.05) is 30.3 Å². The average Bonchev–Trinajstić information content (AvgIpc) is 2.83. The predicted octanol–water partition coefficient (Wildman–Crippen LogP) is 2.45. The highest BCUT2D eigenvalue weighted by Crippen LogP contribution is 2.17. The van der Waals surface area contributed by atoms with Gasteiger partial charge in [0.25, 0.3) is 0 Å². The summed E-state index contributed by atoms with van der Waals surface area (Å²) in [6, 6.07) is 14.3. The average molecular weight is 267 g/mol. The van der Waals surface area contributed by atoms with Gasteiger partial charge in [-0.2, -0.15) is 0 Å². The Morgan fingerprint density at radius 2 is 1.90 bits per heavy atom. The van der Waals surface area contributed by atoms with E-state index >= 15 is 0 Å². The third-order valence-corrected chi connectivity index (χ3v) is 2.99. The van der Waals surface area contributed by atoms with E-state index < -0.39 is 0 Å². The number of carbonyl (C=O) groups excluding carboxylic acids is 1. The number of nitrogens with one attached hydrogen (secondary N) is 2. The molecule has 20 heavy (non-hydrogen) atoms. The maximum Gasteiger partial charge on any atom is 0.231 e. The van der Waals surface area contributed by atoms with E-state index in [1.54, 1.807) is 24.3 Å². The summed E-state index contributed by atoms with van der Waals surface area (Å²) in [5.41, 5.74) is 2.25. The van der Waals surface area contributed by atoms with Crippen molar-refractivity contribution in [3.8, 4) is 5.75 Å². The van der Waals surface area contributed by atoms with Crippen LogP contribution in [0.5, 0.6) is 5.75 Å². The molecule has 5 heteroatoms. The number of anilines is 1. The van der Waals surface area contributed by atoms with Gasteiger partial charge in [0.2, 0.25) is 11.9 Å². The zero-order chi connectivity index (χ0) is 13.9. The summed E-state index contributed by atoms with van der Waals surface area (Å²) in [4.78, 5) is 19.2. The van der Waals surface area contributed by atoms with Crippen LogP contribution in [0.25, 0.3) is 11.0 Å². The molecule has 3 N–H and O–H groups in total. The number of phenols is 1. The van der Waals surface area contributed by atoms with Crippen LogP contribution in [0.15, 0.2) is 48.5 Å². The number of imidazole rings is 1. The maximum absolute atomic E-state index is 11.9. The number of fused-ring (bicyclic) bond motifs is 1. The van der Waals surface area contributed by atoms with Crippen molar-refractivity contribution in [1.82, 2.24) is 9.97 Å². The molecule has 5 nitrogen and oxygen atoms in total. The summed E-state index contributed by atoms with van der Waals surface area (Å²) in [6.45, 7) is 0. The van der Waals surface area contributed by atoms with Crippen molar-refractivity contribution >= 4 is 22.9 Å². The second kappa shape index (κ2) is 5.05. The third kappa shape index (κ3) is 2.47. The van der Waals surface area contributed by atoms with Crippen molar-refractivity contribution in [2.45, 2.75) is 6.42 Å². The lowest BCUT2D eigenvalue weighted by atomic mass is 10.1. The zero-order valence-electron chi connectivity index (χ0n) is 10.6. The SMILES string of the molecule is O=C(Cc1ccccc1O)Nc1nc2ccccc2[nH]1. The Morgan fingerprint density at radius 1 is 1.15 bits per heavy atom. The molecule has 0 bridgehead atoms. The van der Waals surface area contributed by atoms with Crippen LogP contribution in [0.4, 0.5) is 5.95 Å². The molecule has 0 spiro atoms. The fourth-order valence-electron chi connectivity index (χ4n) is 2.02. The number of phenolic OH excluding ortho intramolecular Hbond substituents is 1. The summed E-state index contributed by atoms with van der Waals surface area (Å²) >= 11 is 0. The highest BCUT2D eigenvalue weighted by Gasteiger charge is 2.09. The van der Waals surface area contributed by atoms with Crippen molar-refractivity contribution in [3.63, 3.8) is 0 Å². The molecule has 0 fully saturated rings. The molecule has 3 rings (SSSR count). The fraction of sp³-hybridized carbons (Fsp3) is 0.0667. The van der Waals surface area contributed by atoms with Gasteiger partial charge in [0.05, 0.1) is 17.5 Å². The molecule has 0 saturated carbocycles. The first kappa shape index (κ1) is 12.2. The van der Waals surface area contributed by atoms with Crippen LogP contribution in [-0.2, 0) is 11.2 Å². The minimum absolute atomic E-state index is 0.101. The van der Waals surface area contributed by atoms with Gasteiger partial charge >= 0.3 is 0 Å². The quantitative estimate of drug-likeness (QED) is 0.682. The van der Waals surface area contributed by atoms with Gasteiger partial charge in [-0.25, -0.2) is 4.98 Å². The van der Waals surface area contributed by atoms with Gasteiger partial charge in [0, 0.05) is 5.56 Å². The molecular formula is C15H13N3O2. The summed E-state index contributed by atoms with van der Waals surface area (Å²) in [5, 5.41) is 12.3. The number of benzene rings is 2. The van der Waals surface area contributed by atoms with Gasteiger partial charge in [0.15, 0.2) is 0 Å². The van der Waals surface area contributed by atoms with Crippen molar-refractivity contribution in [2.75, 3.05) is 5.32 Å². The standard InChI is InChI=1S/C15H13N3O2/c19-13-8-4-1-5-10(13)9-14(20)18-15-16-11-6-2-3-7-12(11)17-15/h1-8,19H,9H2,(H2,16,17,18,20). The van der Waals surface area contributed by atoms with E-state index in [0.29, 0.717) is 11.5 Å². The number of para-hydroxylation sites is 3.